The summed E-state index contributed by atoms with van der Waals surface area (Å²) in [5.41, 5.74) is 2.95. The number of nitrogens with one attached hydrogen (secondary N) is 2. The highest BCUT2D eigenvalue weighted by atomic mass is 16.2. The first kappa shape index (κ1) is 16.7. The highest BCUT2D eigenvalue weighted by molar-refractivity contribution is 5.76. The SMILES string of the molecule is O=C(Cn1nc(-c2ccccc2)ccc1=O)NCc1nc2ccccc2[nH]1. The lowest BCUT2D eigenvalue weighted by Gasteiger charge is -2.07. The fourth-order valence-corrected chi connectivity index (χ4v) is 2.79. The molecule has 4 rings (SSSR count). The number of H-pyrrole nitrogens is 1. The van der Waals surface area contributed by atoms with Crippen molar-refractivity contribution < 1.29 is 4.79 Å². The topological polar surface area (TPSA) is 92.7 Å². The second-order valence-corrected chi connectivity index (χ2v) is 6.06. The molecule has 4 aromatic rings. The highest BCUT2D eigenvalue weighted by Crippen LogP contribution is 2.14. The molecule has 0 aliphatic rings. The Morgan fingerprint density at radius 1 is 1.00 bits per heavy atom. The van der Waals surface area contributed by atoms with Crippen LogP contribution in [0.2, 0.25) is 0 Å². The summed E-state index contributed by atoms with van der Waals surface area (Å²) in [5.74, 6) is 0.346. The lowest BCUT2D eigenvalue weighted by molar-refractivity contribution is -0.122. The zero-order valence-electron chi connectivity index (χ0n) is 14.4. The molecule has 0 fully saturated rings. The molecule has 2 N–H and O–H groups in total. The van der Waals surface area contributed by atoms with E-state index in [1.165, 1.54) is 6.07 Å². The molecule has 0 saturated heterocycles. The van der Waals surface area contributed by atoms with Gasteiger partial charge in [0.1, 0.15) is 12.4 Å². The van der Waals surface area contributed by atoms with Gasteiger partial charge >= 0.3 is 0 Å². The predicted octanol–water partition coefficient (Wildman–Crippen LogP) is 2.10. The van der Waals surface area contributed by atoms with Gasteiger partial charge < -0.3 is 10.3 Å². The molecule has 7 nitrogen and oxygen atoms in total. The van der Waals surface area contributed by atoms with Gasteiger partial charge in [-0.15, -0.1) is 0 Å². The smallest absolute Gasteiger partial charge is 0.267 e. The molecule has 2 aromatic carbocycles. The number of nitrogens with zero attached hydrogens (tertiary/aromatic N) is 3. The highest BCUT2D eigenvalue weighted by Gasteiger charge is 2.09. The summed E-state index contributed by atoms with van der Waals surface area (Å²) in [7, 11) is 0. The number of imidazole rings is 1. The van der Waals surface area contributed by atoms with Gasteiger partial charge in [-0.05, 0) is 18.2 Å². The van der Waals surface area contributed by atoms with E-state index in [1.807, 2.05) is 54.6 Å². The van der Waals surface area contributed by atoms with E-state index in [0.717, 1.165) is 21.3 Å². The molecule has 0 aliphatic carbocycles. The van der Waals surface area contributed by atoms with Gasteiger partial charge in [0.2, 0.25) is 5.91 Å². The van der Waals surface area contributed by atoms with Crippen molar-refractivity contribution in [3.8, 4) is 11.3 Å². The van der Waals surface area contributed by atoms with Crippen LogP contribution in [0.25, 0.3) is 22.3 Å². The summed E-state index contributed by atoms with van der Waals surface area (Å²) < 4.78 is 1.16. The van der Waals surface area contributed by atoms with Crippen LogP contribution in [-0.4, -0.2) is 25.7 Å². The standard InChI is InChI=1S/C20H17N5O2/c26-19(21-12-18-22-16-8-4-5-9-17(16)23-18)13-25-20(27)11-10-15(24-25)14-6-2-1-3-7-14/h1-11H,12-13H2,(H,21,26)(H,22,23). The first-order valence-electron chi connectivity index (χ1n) is 8.53. The summed E-state index contributed by atoms with van der Waals surface area (Å²) in [6.07, 6.45) is 0. The van der Waals surface area contributed by atoms with E-state index in [0.29, 0.717) is 11.5 Å². The van der Waals surface area contributed by atoms with Gasteiger partial charge in [-0.3, -0.25) is 9.59 Å². The Morgan fingerprint density at radius 3 is 2.59 bits per heavy atom. The maximum atomic E-state index is 12.2. The van der Waals surface area contributed by atoms with Gasteiger partial charge in [-0.25, -0.2) is 9.67 Å². The summed E-state index contributed by atoms with van der Waals surface area (Å²) in [6.45, 7) is 0.0976. The third-order valence-electron chi connectivity index (χ3n) is 4.12. The van der Waals surface area contributed by atoms with Crippen LogP contribution in [-0.2, 0) is 17.9 Å². The summed E-state index contributed by atoms with van der Waals surface area (Å²) >= 11 is 0. The minimum atomic E-state index is -0.325. The number of amides is 1. The van der Waals surface area contributed by atoms with Gasteiger partial charge in [0, 0.05) is 11.6 Å². The molecule has 0 radical (unpaired) electrons. The van der Waals surface area contributed by atoms with Crippen LogP contribution in [0.15, 0.2) is 71.5 Å². The van der Waals surface area contributed by atoms with E-state index in [-0.39, 0.29) is 24.6 Å². The molecule has 0 unspecified atom stereocenters. The van der Waals surface area contributed by atoms with Crippen molar-refractivity contribution in [2.24, 2.45) is 0 Å². The van der Waals surface area contributed by atoms with E-state index in [1.54, 1.807) is 6.07 Å². The largest absolute Gasteiger partial charge is 0.347 e. The Kier molecular flexibility index (Phi) is 4.49. The number of benzene rings is 2. The van der Waals surface area contributed by atoms with Crippen molar-refractivity contribution in [2.45, 2.75) is 13.1 Å². The van der Waals surface area contributed by atoms with E-state index in [4.69, 9.17) is 0 Å². The van der Waals surface area contributed by atoms with Crippen LogP contribution in [0.3, 0.4) is 0 Å². The van der Waals surface area contributed by atoms with Gasteiger partial charge in [-0.2, -0.15) is 5.10 Å². The van der Waals surface area contributed by atoms with Crippen molar-refractivity contribution in [3.05, 3.63) is 82.9 Å². The molecule has 0 saturated carbocycles. The summed E-state index contributed by atoms with van der Waals surface area (Å²) in [4.78, 5) is 31.8. The first-order valence-corrected chi connectivity index (χ1v) is 8.53. The van der Waals surface area contributed by atoms with E-state index in [2.05, 4.69) is 20.4 Å². The van der Waals surface area contributed by atoms with Crippen LogP contribution >= 0.6 is 0 Å². The monoisotopic (exact) mass is 359 g/mol. The Labute approximate surface area is 154 Å². The third kappa shape index (κ3) is 3.77. The minimum absolute atomic E-state index is 0.153. The maximum absolute atomic E-state index is 12.2. The second kappa shape index (κ2) is 7.25. The number of fused-ring (bicyclic) bond motifs is 1. The van der Waals surface area contributed by atoms with Crippen molar-refractivity contribution >= 4 is 16.9 Å². The van der Waals surface area contributed by atoms with E-state index >= 15 is 0 Å². The average molecular weight is 359 g/mol. The number of carbonyl (C=O) groups excluding carboxylic acids is 1. The molecule has 1 amide bonds. The lowest BCUT2D eigenvalue weighted by atomic mass is 10.1. The molecule has 0 spiro atoms. The zero-order chi connectivity index (χ0) is 18.6. The average Bonchev–Trinajstić information content (AvgIpc) is 3.12. The van der Waals surface area contributed by atoms with Crippen molar-refractivity contribution in [1.82, 2.24) is 25.1 Å². The number of aromatic amines is 1. The fraction of sp³-hybridized carbons (Fsp3) is 0.100. The van der Waals surface area contributed by atoms with Crippen molar-refractivity contribution in [2.75, 3.05) is 0 Å². The molecule has 0 atom stereocenters. The number of hydrogen-bond acceptors (Lipinski definition) is 4. The Bertz CT molecular complexity index is 1110. The van der Waals surface area contributed by atoms with E-state index < -0.39 is 0 Å². The second-order valence-electron chi connectivity index (χ2n) is 6.06. The zero-order valence-corrected chi connectivity index (χ0v) is 14.4. The molecule has 27 heavy (non-hydrogen) atoms. The molecule has 0 aliphatic heterocycles. The van der Waals surface area contributed by atoms with Crippen LogP contribution in [0.4, 0.5) is 0 Å². The van der Waals surface area contributed by atoms with E-state index in [9.17, 15) is 9.59 Å². The number of hydrogen-bond donors (Lipinski definition) is 2. The Morgan fingerprint density at radius 2 is 1.78 bits per heavy atom. The molecular formula is C20H17N5O2. The maximum Gasteiger partial charge on any atom is 0.267 e. The Hall–Kier alpha value is -3.74. The van der Waals surface area contributed by atoms with Gasteiger partial charge in [0.05, 0.1) is 23.3 Å². The first-order chi connectivity index (χ1) is 13.2. The van der Waals surface area contributed by atoms with Crippen molar-refractivity contribution in [3.63, 3.8) is 0 Å². The molecular weight excluding hydrogens is 342 g/mol. The fourth-order valence-electron chi connectivity index (χ4n) is 2.79. The molecule has 0 bridgehead atoms. The summed E-state index contributed by atoms with van der Waals surface area (Å²) in [6, 6.07) is 20.2. The molecule has 2 aromatic heterocycles. The quantitative estimate of drug-likeness (QED) is 0.571. The molecule has 7 heteroatoms. The number of rotatable bonds is 5. The normalized spacial score (nSPS) is 10.8. The van der Waals surface area contributed by atoms with Gasteiger partial charge in [0.25, 0.3) is 5.56 Å². The van der Waals surface area contributed by atoms with Gasteiger partial charge in [-0.1, -0.05) is 42.5 Å². The number of para-hydroxylation sites is 2. The van der Waals surface area contributed by atoms with Crippen LogP contribution in [0, 0.1) is 0 Å². The summed E-state index contributed by atoms with van der Waals surface area (Å²) in [5, 5.41) is 7.05. The predicted molar refractivity (Wildman–Crippen MR) is 102 cm³/mol. The number of carbonyl (C=O) groups is 1. The lowest BCUT2D eigenvalue weighted by Crippen LogP contribution is -2.33. The minimum Gasteiger partial charge on any atom is -0.347 e. The Balaban J connectivity index is 1.45. The van der Waals surface area contributed by atoms with Crippen LogP contribution in [0.1, 0.15) is 5.82 Å². The van der Waals surface area contributed by atoms with Gasteiger partial charge in [0.15, 0.2) is 0 Å². The molecule has 134 valence electrons. The van der Waals surface area contributed by atoms with Crippen LogP contribution < -0.4 is 10.9 Å². The number of aromatic nitrogens is 4. The third-order valence-corrected chi connectivity index (χ3v) is 4.12. The van der Waals surface area contributed by atoms with Crippen molar-refractivity contribution in [1.29, 1.82) is 0 Å². The van der Waals surface area contributed by atoms with Crippen LogP contribution in [0.5, 0.6) is 0 Å². The molecule has 2 heterocycles.